The van der Waals surface area contributed by atoms with Crippen molar-refractivity contribution in [3.63, 3.8) is 0 Å². The van der Waals surface area contributed by atoms with E-state index in [1.807, 2.05) is 11.9 Å². The van der Waals surface area contributed by atoms with Crippen LogP contribution in [0.1, 0.15) is 29.8 Å². The number of carbonyl (C=O) groups is 1. The molecule has 142 valence electrons. The zero-order valence-electron chi connectivity index (χ0n) is 15.6. The molecule has 0 bridgehead atoms. The van der Waals surface area contributed by atoms with E-state index in [4.69, 9.17) is 4.42 Å². The van der Waals surface area contributed by atoms with Crippen molar-refractivity contribution in [2.75, 3.05) is 52.9 Å². The molecule has 2 saturated heterocycles. The Kier molecular flexibility index (Phi) is 5.15. The summed E-state index contributed by atoms with van der Waals surface area (Å²) in [6.45, 7) is 6.44. The van der Waals surface area contributed by atoms with Gasteiger partial charge in [-0.2, -0.15) is 0 Å². The van der Waals surface area contributed by atoms with Gasteiger partial charge in [0.15, 0.2) is 11.7 Å². The summed E-state index contributed by atoms with van der Waals surface area (Å²) in [5.41, 5.74) is 0. The number of guanidine groups is 1. The second-order valence-corrected chi connectivity index (χ2v) is 7.57. The van der Waals surface area contributed by atoms with Crippen LogP contribution < -0.4 is 5.32 Å². The molecule has 0 spiro atoms. The monoisotopic (exact) mass is 359 g/mol. The maximum absolute atomic E-state index is 12.4. The van der Waals surface area contributed by atoms with Crippen LogP contribution in [0.3, 0.4) is 0 Å². The zero-order chi connectivity index (χ0) is 17.9. The second kappa shape index (κ2) is 7.70. The maximum atomic E-state index is 12.4. The van der Waals surface area contributed by atoms with Crippen LogP contribution in [0.25, 0.3) is 0 Å². The fraction of sp³-hybridized carbons (Fsp3) is 0.684. The summed E-state index contributed by atoms with van der Waals surface area (Å²) in [5, 5.41) is 3.56. The molecule has 1 aromatic heterocycles. The van der Waals surface area contributed by atoms with Crippen molar-refractivity contribution in [1.82, 2.24) is 20.0 Å². The van der Waals surface area contributed by atoms with Gasteiger partial charge in [-0.05, 0) is 43.9 Å². The van der Waals surface area contributed by atoms with Crippen LogP contribution in [0.2, 0.25) is 0 Å². The first kappa shape index (κ1) is 17.4. The molecule has 1 amide bonds. The van der Waals surface area contributed by atoms with E-state index in [0.717, 1.165) is 31.6 Å². The van der Waals surface area contributed by atoms with E-state index >= 15 is 0 Å². The molecule has 1 atom stereocenters. The average Bonchev–Trinajstić information content (AvgIpc) is 3.18. The first-order valence-electron chi connectivity index (χ1n) is 9.77. The average molecular weight is 359 g/mol. The molecule has 1 unspecified atom stereocenters. The molecular formula is C19H29N5O2. The number of nitrogens with one attached hydrogen (secondary N) is 1. The predicted octanol–water partition coefficient (Wildman–Crippen LogP) is 1.10. The Morgan fingerprint density at radius 3 is 2.62 bits per heavy atom. The fourth-order valence-corrected chi connectivity index (χ4v) is 4.05. The molecule has 2 aliphatic heterocycles. The lowest BCUT2D eigenvalue weighted by Gasteiger charge is -2.36. The maximum Gasteiger partial charge on any atom is 0.289 e. The highest BCUT2D eigenvalue weighted by atomic mass is 16.3. The van der Waals surface area contributed by atoms with Crippen molar-refractivity contribution in [2.45, 2.75) is 25.3 Å². The van der Waals surface area contributed by atoms with E-state index in [0.29, 0.717) is 24.8 Å². The largest absolute Gasteiger partial charge is 0.459 e. The molecule has 4 rings (SSSR count). The van der Waals surface area contributed by atoms with Crippen LogP contribution in [-0.4, -0.2) is 85.5 Å². The van der Waals surface area contributed by atoms with Crippen LogP contribution in [0.4, 0.5) is 0 Å². The van der Waals surface area contributed by atoms with Gasteiger partial charge in [0.05, 0.1) is 6.26 Å². The van der Waals surface area contributed by atoms with Crippen molar-refractivity contribution < 1.29 is 9.21 Å². The lowest BCUT2D eigenvalue weighted by molar-refractivity contribution is 0.0657. The molecule has 1 saturated carbocycles. The van der Waals surface area contributed by atoms with Gasteiger partial charge in [-0.15, -0.1) is 0 Å². The van der Waals surface area contributed by atoms with Crippen molar-refractivity contribution in [3.8, 4) is 0 Å². The van der Waals surface area contributed by atoms with Gasteiger partial charge in [-0.25, -0.2) is 0 Å². The van der Waals surface area contributed by atoms with Crippen molar-refractivity contribution >= 4 is 11.9 Å². The summed E-state index contributed by atoms with van der Waals surface area (Å²) in [6.07, 6.45) is 5.61. The van der Waals surface area contributed by atoms with E-state index in [2.05, 4.69) is 20.1 Å². The number of rotatable bonds is 4. The summed E-state index contributed by atoms with van der Waals surface area (Å²) in [6, 6.07) is 4.35. The Labute approximate surface area is 155 Å². The van der Waals surface area contributed by atoms with Crippen LogP contribution in [0, 0.1) is 5.92 Å². The number of nitrogens with zero attached hydrogens (tertiary/aromatic N) is 4. The number of amides is 1. The normalized spacial score (nSPS) is 25.0. The summed E-state index contributed by atoms with van der Waals surface area (Å²) in [5.74, 6) is 2.07. The number of furan rings is 1. The smallest absolute Gasteiger partial charge is 0.289 e. The van der Waals surface area contributed by atoms with Crippen molar-refractivity contribution in [1.29, 1.82) is 0 Å². The molecule has 0 aromatic carbocycles. The molecule has 7 heteroatoms. The SMILES string of the molecule is CN=C(NCC1CCN(C2CC2)C1)N1CCN(C(=O)c2ccco2)CC1. The first-order chi connectivity index (χ1) is 12.7. The van der Waals surface area contributed by atoms with Crippen LogP contribution in [0.5, 0.6) is 0 Å². The molecule has 1 aromatic rings. The summed E-state index contributed by atoms with van der Waals surface area (Å²) < 4.78 is 5.22. The summed E-state index contributed by atoms with van der Waals surface area (Å²) >= 11 is 0. The summed E-state index contributed by atoms with van der Waals surface area (Å²) in [7, 11) is 1.84. The number of carbonyl (C=O) groups excluding carboxylic acids is 1. The van der Waals surface area contributed by atoms with Crippen LogP contribution >= 0.6 is 0 Å². The predicted molar refractivity (Wildman–Crippen MR) is 100 cm³/mol. The van der Waals surface area contributed by atoms with E-state index in [9.17, 15) is 4.79 Å². The third-order valence-electron chi connectivity index (χ3n) is 5.74. The number of hydrogen-bond donors (Lipinski definition) is 1. The highest BCUT2D eigenvalue weighted by Gasteiger charge is 2.34. The Balaban J connectivity index is 1.23. The van der Waals surface area contributed by atoms with Gasteiger partial charge in [-0.1, -0.05) is 0 Å². The standard InChI is InChI=1S/C19H29N5O2/c1-20-19(21-13-15-6-7-24(14-15)16-4-5-16)23-10-8-22(9-11-23)18(25)17-3-2-12-26-17/h2-3,12,15-16H,4-11,13-14H2,1H3,(H,20,21). The molecule has 3 aliphatic rings. The van der Waals surface area contributed by atoms with Gasteiger partial charge in [0.25, 0.3) is 5.91 Å². The lowest BCUT2D eigenvalue weighted by Crippen LogP contribution is -2.54. The molecule has 1 aliphatic carbocycles. The number of piperazine rings is 1. The van der Waals surface area contributed by atoms with Crippen LogP contribution in [-0.2, 0) is 0 Å². The highest BCUT2D eigenvalue weighted by Crippen LogP contribution is 2.31. The van der Waals surface area contributed by atoms with E-state index in [-0.39, 0.29) is 5.91 Å². The molecule has 3 fully saturated rings. The van der Waals surface area contributed by atoms with Gasteiger partial charge in [0.1, 0.15) is 0 Å². The number of likely N-dealkylation sites (tertiary alicyclic amines) is 1. The highest BCUT2D eigenvalue weighted by molar-refractivity contribution is 5.91. The molecule has 7 nitrogen and oxygen atoms in total. The number of aliphatic imine (C=N–C) groups is 1. The van der Waals surface area contributed by atoms with Gasteiger partial charge in [-0.3, -0.25) is 9.79 Å². The second-order valence-electron chi connectivity index (χ2n) is 7.57. The lowest BCUT2D eigenvalue weighted by atomic mass is 10.1. The zero-order valence-corrected chi connectivity index (χ0v) is 15.6. The molecule has 26 heavy (non-hydrogen) atoms. The minimum atomic E-state index is -0.0243. The van der Waals surface area contributed by atoms with Crippen molar-refractivity contribution in [3.05, 3.63) is 24.2 Å². The van der Waals surface area contributed by atoms with Gasteiger partial charge in [0.2, 0.25) is 0 Å². The fourth-order valence-electron chi connectivity index (χ4n) is 4.05. The summed E-state index contributed by atoms with van der Waals surface area (Å²) in [4.78, 5) is 23.6. The minimum absolute atomic E-state index is 0.0243. The van der Waals surface area contributed by atoms with Crippen molar-refractivity contribution in [2.24, 2.45) is 10.9 Å². The molecule has 3 heterocycles. The topological polar surface area (TPSA) is 64.3 Å². The minimum Gasteiger partial charge on any atom is -0.459 e. The Morgan fingerprint density at radius 2 is 1.96 bits per heavy atom. The molecule has 1 N–H and O–H groups in total. The Morgan fingerprint density at radius 1 is 1.19 bits per heavy atom. The third-order valence-corrected chi connectivity index (χ3v) is 5.74. The Hall–Kier alpha value is -2.02. The van der Waals surface area contributed by atoms with E-state index < -0.39 is 0 Å². The molecular weight excluding hydrogens is 330 g/mol. The van der Waals surface area contributed by atoms with Gasteiger partial charge < -0.3 is 24.4 Å². The van der Waals surface area contributed by atoms with Crippen LogP contribution in [0.15, 0.2) is 27.8 Å². The molecule has 0 radical (unpaired) electrons. The number of hydrogen-bond acceptors (Lipinski definition) is 4. The van der Waals surface area contributed by atoms with Gasteiger partial charge in [0, 0.05) is 52.4 Å². The van der Waals surface area contributed by atoms with E-state index in [1.54, 1.807) is 18.4 Å². The Bertz CT molecular complexity index is 632. The first-order valence-corrected chi connectivity index (χ1v) is 9.77. The van der Waals surface area contributed by atoms with Gasteiger partial charge >= 0.3 is 0 Å². The quantitative estimate of drug-likeness (QED) is 0.644. The third kappa shape index (κ3) is 3.87. The van der Waals surface area contributed by atoms with E-state index in [1.165, 1.54) is 32.4 Å².